The predicted molar refractivity (Wildman–Crippen MR) is 109 cm³/mol. The summed E-state index contributed by atoms with van der Waals surface area (Å²) in [6, 6.07) is 16.1. The third-order valence-corrected chi connectivity index (χ3v) is 5.73. The van der Waals surface area contributed by atoms with Crippen LogP contribution in [0.15, 0.2) is 58.3 Å². The van der Waals surface area contributed by atoms with Crippen molar-refractivity contribution in [1.82, 2.24) is 4.98 Å². The number of aromatic nitrogens is 1. The average Bonchev–Trinajstić information content (AvgIpc) is 2.60. The van der Waals surface area contributed by atoms with E-state index in [1.165, 1.54) is 11.8 Å². The Kier molecular flexibility index (Phi) is 5.89. The first-order valence-corrected chi connectivity index (χ1v) is 10.3. The number of anilines is 1. The molecular weight excluding hydrogens is 372 g/mol. The maximum Gasteiger partial charge on any atom is 0.221 e. The van der Waals surface area contributed by atoms with Gasteiger partial charge in [-0.2, -0.15) is 0 Å². The standard InChI is InChI=1S/C19H17ClN2OS2/c1-12(23)21-15-4-7-16(8-5-15)25-11-14-9-13-3-6-17(24-2)10-18(13)22-19(14)20/h3-10H,11H2,1-2H3,(H,21,23). The summed E-state index contributed by atoms with van der Waals surface area (Å²) in [5.41, 5.74) is 2.74. The van der Waals surface area contributed by atoms with Crippen molar-refractivity contribution in [2.45, 2.75) is 22.5 Å². The molecule has 0 spiro atoms. The molecule has 0 aliphatic carbocycles. The van der Waals surface area contributed by atoms with E-state index < -0.39 is 0 Å². The minimum atomic E-state index is -0.0703. The maximum atomic E-state index is 11.1. The zero-order valence-electron chi connectivity index (χ0n) is 13.9. The molecule has 0 aliphatic heterocycles. The zero-order valence-corrected chi connectivity index (χ0v) is 16.3. The van der Waals surface area contributed by atoms with Gasteiger partial charge in [-0.1, -0.05) is 17.7 Å². The number of halogens is 1. The van der Waals surface area contributed by atoms with Crippen molar-refractivity contribution in [3.8, 4) is 0 Å². The Labute approximate surface area is 160 Å². The second-order valence-corrected chi connectivity index (χ2v) is 7.78. The minimum Gasteiger partial charge on any atom is -0.326 e. The number of thioether (sulfide) groups is 2. The highest BCUT2D eigenvalue weighted by atomic mass is 35.5. The lowest BCUT2D eigenvalue weighted by Gasteiger charge is -2.08. The molecule has 0 saturated carbocycles. The first-order valence-electron chi connectivity index (χ1n) is 7.69. The van der Waals surface area contributed by atoms with Gasteiger partial charge in [-0.15, -0.1) is 23.5 Å². The third kappa shape index (κ3) is 4.69. The molecule has 1 heterocycles. The van der Waals surface area contributed by atoms with Gasteiger partial charge in [0, 0.05) is 39.1 Å². The van der Waals surface area contributed by atoms with Crippen LogP contribution in [-0.4, -0.2) is 17.1 Å². The Morgan fingerprint density at radius 1 is 1.12 bits per heavy atom. The molecule has 3 nitrogen and oxygen atoms in total. The Hall–Kier alpha value is -1.69. The fraction of sp³-hybridized carbons (Fsp3) is 0.158. The highest BCUT2D eigenvalue weighted by Crippen LogP contribution is 2.30. The van der Waals surface area contributed by atoms with Crippen LogP contribution < -0.4 is 5.32 Å². The quantitative estimate of drug-likeness (QED) is 0.439. The van der Waals surface area contributed by atoms with Crippen molar-refractivity contribution in [2.75, 3.05) is 11.6 Å². The average molecular weight is 389 g/mol. The summed E-state index contributed by atoms with van der Waals surface area (Å²) in [4.78, 5) is 17.9. The molecule has 2 aromatic carbocycles. The Morgan fingerprint density at radius 2 is 1.84 bits per heavy atom. The topological polar surface area (TPSA) is 42.0 Å². The van der Waals surface area contributed by atoms with Gasteiger partial charge < -0.3 is 5.32 Å². The van der Waals surface area contributed by atoms with E-state index in [0.29, 0.717) is 5.15 Å². The molecule has 0 unspecified atom stereocenters. The van der Waals surface area contributed by atoms with E-state index in [0.717, 1.165) is 32.8 Å². The number of amides is 1. The second-order valence-electron chi connectivity index (χ2n) is 5.49. The smallest absolute Gasteiger partial charge is 0.221 e. The van der Waals surface area contributed by atoms with E-state index in [-0.39, 0.29) is 5.91 Å². The van der Waals surface area contributed by atoms with Crippen molar-refractivity contribution in [3.63, 3.8) is 0 Å². The molecule has 6 heteroatoms. The minimum absolute atomic E-state index is 0.0703. The Balaban J connectivity index is 1.74. The number of carbonyl (C=O) groups excluding carboxylic acids is 1. The molecule has 128 valence electrons. The predicted octanol–water partition coefficient (Wildman–Crippen LogP) is 5.86. The van der Waals surface area contributed by atoms with Crippen molar-refractivity contribution in [3.05, 3.63) is 59.2 Å². The zero-order chi connectivity index (χ0) is 17.8. The maximum absolute atomic E-state index is 11.1. The van der Waals surface area contributed by atoms with Crippen LogP contribution in [0.1, 0.15) is 12.5 Å². The number of nitrogens with zero attached hydrogens (tertiary/aromatic N) is 1. The van der Waals surface area contributed by atoms with Crippen LogP contribution in [0.4, 0.5) is 5.69 Å². The summed E-state index contributed by atoms with van der Waals surface area (Å²) >= 11 is 9.75. The summed E-state index contributed by atoms with van der Waals surface area (Å²) < 4.78 is 0. The van der Waals surface area contributed by atoms with Gasteiger partial charge in [-0.05, 0) is 48.7 Å². The molecule has 25 heavy (non-hydrogen) atoms. The highest BCUT2D eigenvalue weighted by Gasteiger charge is 2.07. The summed E-state index contributed by atoms with van der Waals surface area (Å²) in [5, 5.41) is 4.41. The number of hydrogen-bond acceptors (Lipinski definition) is 4. The lowest BCUT2D eigenvalue weighted by atomic mass is 10.2. The number of nitrogens with one attached hydrogen (secondary N) is 1. The van der Waals surface area contributed by atoms with Crippen molar-refractivity contribution in [1.29, 1.82) is 0 Å². The van der Waals surface area contributed by atoms with E-state index in [2.05, 4.69) is 34.6 Å². The van der Waals surface area contributed by atoms with Crippen LogP contribution in [0.5, 0.6) is 0 Å². The van der Waals surface area contributed by atoms with Crippen LogP contribution in [0.3, 0.4) is 0 Å². The summed E-state index contributed by atoms with van der Waals surface area (Å²) in [6.07, 6.45) is 2.05. The molecule has 1 N–H and O–H groups in total. The molecule has 0 aliphatic rings. The van der Waals surface area contributed by atoms with Crippen molar-refractivity contribution < 1.29 is 4.79 Å². The molecule has 0 fully saturated rings. The Morgan fingerprint density at radius 3 is 2.52 bits per heavy atom. The van der Waals surface area contributed by atoms with Crippen molar-refractivity contribution in [2.24, 2.45) is 0 Å². The molecule has 3 rings (SSSR count). The number of hydrogen-bond donors (Lipinski definition) is 1. The van der Waals surface area contributed by atoms with Gasteiger partial charge in [0.05, 0.1) is 5.52 Å². The normalized spacial score (nSPS) is 10.8. The molecule has 0 saturated heterocycles. The molecule has 0 bridgehead atoms. The lowest BCUT2D eigenvalue weighted by molar-refractivity contribution is -0.114. The lowest BCUT2D eigenvalue weighted by Crippen LogP contribution is -2.05. The van der Waals surface area contributed by atoms with Gasteiger partial charge in [0.1, 0.15) is 5.15 Å². The SMILES string of the molecule is CSc1ccc2cc(CSc3ccc(NC(C)=O)cc3)c(Cl)nc2c1. The van der Waals surface area contributed by atoms with E-state index in [9.17, 15) is 4.79 Å². The van der Waals surface area contributed by atoms with E-state index in [1.54, 1.807) is 23.5 Å². The van der Waals surface area contributed by atoms with Gasteiger partial charge in [-0.25, -0.2) is 4.98 Å². The first kappa shape index (κ1) is 18.1. The van der Waals surface area contributed by atoms with Crippen LogP contribution in [-0.2, 0) is 10.5 Å². The number of carbonyl (C=O) groups is 1. The third-order valence-electron chi connectivity index (χ3n) is 3.62. The summed E-state index contributed by atoms with van der Waals surface area (Å²) in [6.45, 7) is 1.50. The summed E-state index contributed by atoms with van der Waals surface area (Å²) in [5.74, 6) is 0.671. The van der Waals surface area contributed by atoms with Gasteiger partial charge in [0.25, 0.3) is 0 Å². The highest BCUT2D eigenvalue weighted by molar-refractivity contribution is 7.98. The molecule has 1 amide bonds. The molecule has 0 atom stereocenters. The van der Waals surface area contributed by atoms with Gasteiger partial charge in [0.15, 0.2) is 0 Å². The molecular formula is C19H17ClN2OS2. The summed E-state index contributed by atoms with van der Waals surface area (Å²) in [7, 11) is 0. The Bertz CT molecular complexity index is 913. The molecule has 1 aromatic heterocycles. The first-order chi connectivity index (χ1) is 12.0. The van der Waals surface area contributed by atoms with E-state index in [1.807, 2.05) is 30.5 Å². The number of rotatable bonds is 5. The fourth-order valence-electron chi connectivity index (χ4n) is 2.39. The van der Waals surface area contributed by atoms with Crippen LogP contribution in [0.2, 0.25) is 5.15 Å². The van der Waals surface area contributed by atoms with E-state index in [4.69, 9.17) is 11.6 Å². The number of pyridine rings is 1. The largest absolute Gasteiger partial charge is 0.326 e. The number of fused-ring (bicyclic) bond motifs is 1. The van der Waals surface area contributed by atoms with E-state index >= 15 is 0 Å². The molecule has 0 radical (unpaired) electrons. The monoisotopic (exact) mass is 388 g/mol. The number of benzene rings is 2. The van der Waals surface area contributed by atoms with Crippen molar-refractivity contribution >= 4 is 57.6 Å². The second kappa shape index (κ2) is 8.13. The van der Waals surface area contributed by atoms with Crippen LogP contribution >= 0.6 is 35.1 Å². The van der Waals surface area contributed by atoms with Gasteiger partial charge in [-0.3, -0.25) is 4.79 Å². The van der Waals surface area contributed by atoms with Gasteiger partial charge >= 0.3 is 0 Å². The fourth-order valence-corrected chi connectivity index (χ4v) is 3.99. The van der Waals surface area contributed by atoms with Gasteiger partial charge in [0.2, 0.25) is 5.91 Å². The van der Waals surface area contributed by atoms with Crippen LogP contribution in [0.25, 0.3) is 10.9 Å². The molecule has 3 aromatic rings. The van der Waals surface area contributed by atoms with Crippen LogP contribution in [0, 0.1) is 0 Å².